The average molecular weight is 304 g/mol. The fourth-order valence-electron chi connectivity index (χ4n) is 2.74. The van der Waals surface area contributed by atoms with Crippen LogP contribution in [0.3, 0.4) is 0 Å². The maximum Gasteiger partial charge on any atom is 0.328 e. The molecule has 6 heteroatoms. The second-order valence-electron chi connectivity index (χ2n) is 5.31. The molecule has 0 aliphatic carbocycles. The third-order valence-corrected chi connectivity index (χ3v) is 3.85. The lowest BCUT2D eigenvalue weighted by Gasteiger charge is -2.21. The Kier molecular flexibility index (Phi) is 6.16. The number of esters is 1. The fourth-order valence-corrected chi connectivity index (χ4v) is 2.74. The minimum atomic E-state index is -0.939. The van der Waals surface area contributed by atoms with Crippen molar-refractivity contribution < 1.29 is 18.8 Å². The number of carbonyl (C=O) groups excluding carboxylic acids is 1. The molecule has 1 aliphatic heterocycles. The monoisotopic (exact) mass is 304 g/mol. The highest BCUT2D eigenvalue weighted by Crippen LogP contribution is 2.12. The van der Waals surface area contributed by atoms with Gasteiger partial charge in [0.05, 0.1) is 38.6 Å². The van der Waals surface area contributed by atoms with E-state index in [0.29, 0.717) is 6.54 Å². The Labute approximate surface area is 130 Å². The van der Waals surface area contributed by atoms with Gasteiger partial charge in [-0.15, -0.1) is 0 Å². The summed E-state index contributed by atoms with van der Waals surface area (Å²) in [5.74, 6) is -0.582. The van der Waals surface area contributed by atoms with Crippen LogP contribution >= 0.6 is 0 Å². The van der Waals surface area contributed by atoms with Gasteiger partial charge in [-0.3, -0.25) is 9.79 Å². The maximum atomic E-state index is 11.6. The summed E-state index contributed by atoms with van der Waals surface area (Å²) in [6, 6.07) is 5.88. The zero-order valence-corrected chi connectivity index (χ0v) is 12.8. The van der Waals surface area contributed by atoms with Gasteiger partial charge in [-0.25, -0.2) is 0 Å². The maximum absolute atomic E-state index is 11.6. The van der Waals surface area contributed by atoms with Gasteiger partial charge in [0.15, 0.2) is 17.7 Å². The molecule has 1 aromatic rings. The summed E-state index contributed by atoms with van der Waals surface area (Å²) in [7, 11) is 0. The van der Waals surface area contributed by atoms with Gasteiger partial charge in [-0.2, -0.15) is 5.26 Å². The number of nitrogens with one attached hydrogen (secondary N) is 1. The lowest BCUT2D eigenvalue weighted by atomic mass is 10.2. The molecule has 1 N–H and O–H groups in total. The highest BCUT2D eigenvalue weighted by atomic mass is 16.5. The number of furan rings is 1. The van der Waals surface area contributed by atoms with Crippen molar-refractivity contribution in [1.82, 2.24) is 0 Å². The predicted octanol–water partition coefficient (Wildman–Crippen LogP) is 0.773. The quantitative estimate of drug-likeness (QED) is 0.596. The van der Waals surface area contributed by atoms with Crippen LogP contribution in [-0.2, 0) is 9.53 Å². The summed E-state index contributed by atoms with van der Waals surface area (Å²) in [5.41, 5.74) is 0. The highest BCUT2D eigenvalue weighted by Gasteiger charge is 2.29. The number of nitrogens with zero attached hydrogens (tertiary/aromatic N) is 2. The van der Waals surface area contributed by atoms with Crippen LogP contribution in [0.25, 0.3) is 0 Å². The number of aliphatic imine (C=N–C) groups is 1. The summed E-state index contributed by atoms with van der Waals surface area (Å²) in [6.45, 7) is 4.67. The molecule has 1 aromatic heterocycles. The summed E-state index contributed by atoms with van der Waals surface area (Å²) < 4.78 is 10.4. The number of quaternary nitrogens is 1. The van der Waals surface area contributed by atoms with Crippen LogP contribution in [0.5, 0.6) is 0 Å². The van der Waals surface area contributed by atoms with Crippen LogP contribution in [0.1, 0.15) is 31.6 Å². The molecule has 0 amide bonds. The van der Waals surface area contributed by atoms with E-state index >= 15 is 0 Å². The molecule has 0 spiro atoms. The average Bonchev–Trinajstić information content (AvgIpc) is 3.21. The molecule has 0 radical (unpaired) electrons. The summed E-state index contributed by atoms with van der Waals surface area (Å²) in [6.07, 6.45) is 5.47. The van der Waals surface area contributed by atoms with Crippen molar-refractivity contribution in [2.75, 3.05) is 26.2 Å². The van der Waals surface area contributed by atoms with Gasteiger partial charge in [-0.05, 0) is 19.1 Å². The van der Waals surface area contributed by atoms with Crippen LogP contribution in [0, 0.1) is 17.2 Å². The smallest absolute Gasteiger partial charge is 0.328 e. The first-order valence-electron chi connectivity index (χ1n) is 7.70. The second kappa shape index (κ2) is 8.35. The van der Waals surface area contributed by atoms with Crippen LogP contribution < -0.4 is 4.90 Å². The van der Waals surface area contributed by atoms with E-state index in [9.17, 15) is 4.79 Å². The van der Waals surface area contributed by atoms with E-state index in [2.05, 4.69) is 4.99 Å². The molecule has 0 bridgehead atoms. The van der Waals surface area contributed by atoms with Crippen molar-refractivity contribution in [1.29, 1.82) is 5.26 Å². The molecule has 0 unspecified atom stereocenters. The van der Waals surface area contributed by atoms with Crippen LogP contribution in [-0.4, -0.2) is 38.4 Å². The molecule has 6 nitrogen and oxygen atoms in total. The van der Waals surface area contributed by atoms with Crippen molar-refractivity contribution in [2.45, 2.75) is 25.8 Å². The molecule has 0 aromatic carbocycles. The van der Waals surface area contributed by atoms with Gasteiger partial charge in [-0.1, -0.05) is 0 Å². The number of carbonyl (C=O) groups is 1. The molecule has 118 valence electrons. The first-order chi connectivity index (χ1) is 10.8. The Morgan fingerprint density at radius 3 is 2.95 bits per heavy atom. The van der Waals surface area contributed by atoms with E-state index in [0.717, 1.165) is 18.8 Å². The first-order valence-corrected chi connectivity index (χ1v) is 7.70. The van der Waals surface area contributed by atoms with Crippen molar-refractivity contribution in [2.24, 2.45) is 10.9 Å². The van der Waals surface area contributed by atoms with Gasteiger partial charge in [0.2, 0.25) is 0 Å². The van der Waals surface area contributed by atoms with E-state index in [1.54, 1.807) is 13.2 Å². The molecular weight excluding hydrogens is 282 g/mol. The Hall–Kier alpha value is -2.13. The third-order valence-electron chi connectivity index (χ3n) is 3.85. The van der Waals surface area contributed by atoms with Crippen molar-refractivity contribution in [3.05, 3.63) is 24.2 Å². The molecule has 1 aliphatic rings. The lowest BCUT2D eigenvalue weighted by molar-refractivity contribution is -0.919. The van der Waals surface area contributed by atoms with E-state index in [1.165, 1.54) is 24.0 Å². The fraction of sp³-hybridized carbons (Fsp3) is 0.562. The zero-order valence-electron chi connectivity index (χ0n) is 12.8. The molecule has 0 saturated carbocycles. The van der Waals surface area contributed by atoms with E-state index in [4.69, 9.17) is 14.4 Å². The molecule has 2 atom stereocenters. The molecule has 1 saturated heterocycles. The molecule has 22 heavy (non-hydrogen) atoms. The highest BCUT2D eigenvalue weighted by molar-refractivity contribution is 5.92. The van der Waals surface area contributed by atoms with E-state index in [-0.39, 0.29) is 12.6 Å². The Morgan fingerprint density at radius 2 is 2.36 bits per heavy atom. The summed E-state index contributed by atoms with van der Waals surface area (Å²) in [4.78, 5) is 17.3. The number of hydrogen-bond donors (Lipinski definition) is 1. The van der Waals surface area contributed by atoms with Crippen LogP contribution in [0.2, 0.25) is 0 Å². The number of ether oxygens (including phenoxy) is 1. The Balaban J connectivity index is 2.00. The number of hydrogen-bond acceptors (Lipinski definition) is 5. The largest absolute Gasteiger partial charge is 0.465 e. The SMILES string of the molecule is CCOC(=O)[C@@H](C#N)C=NC[C@@H](c1ccco1)[NH+]1CCCC1. The Bertz CT molecular complexity index is 527. The molecule has 2 heterocycles. The van der Waals surface area contributed by atoms with E-state index < -0.39 is 11.9 Å². The first kappa shape index (κ1) is 16.2. The second-order valence-corrected chi connectivity index (χ2v) is 5.31. The summed E-state index contributed by atoms with van der Waals surface area (Å²) in [5, 5.41) is 9.02. The van der Waals surface area contributed by atoms with Gasteiger partial charge >= 0.3 is 5.97 Å². The number of likely N-dealkylation sites (tertiary alicyclic amines) is 1. The van der Waals surface area contributed by atoms with Crippen LogP contribution in [0.4, 0.5) is 0 Å². The van der Waals surface area contributed by atoms with Crippen molar-refractivity contribution in [3.63, 3.8) is 0 Å². The zero-order chi connectivity index (χ0) is 15.8. The summed E-state index contributed by atoms with van der Waals surface area (Å²) >= 11 is 0. The molecular formula is C16H22N3O3+. The minimum absolute atomic E-state index is 0.135. The van der Waals surface area contributed by atoms with Crippen LogP contribution in [0.15, 0.2) is 27.8 Å². The van der Waals surface area contributed by atoms with Crippen molar-refractivity contribution >= 4 is 12.2 Å². The van der Waals surface area contributed by atoms with E-state index in [1.807, 2.05) is 18.2 Å². The van der Waals surface area contributed by atoms with Crippen molar-refractivity contribution in [3.8, 4) is 6.07 Å². The third kappa shape index (κ3) is 4.18. The van der Waals surface area contributed by atoms with Gasteiger partial charge in [0.25, 0.3) is 0 Å². The lowest BCUT2D eigenvalue weighted by Crippen LogP contribution is -3.10. The number of nitriles is 1. The van der Waals surface area contributed by atoms with Gasteiger partial charge in [0, 0.05) is 19.1 Å². The standard InChI is InChI=1S/C16H21N3O3/c1-2-21-16(20)13(10-17)11-18-12-14(15-6-5-9-22-15)19-7-3-4-8-19/h5-6,9,11,13-14H,2-4,7-8,12H2,1H3/p+1/t13-,14-/m0/s1. The molecule has 2 rings (SSSR count). The normalized spacial score (nSPS) is 18.2. The van der Waals surface area contributed by atoms with Gasteiger partial charge in [0.1, 0.15) is 0 Å². The van der Waals surface area contributed by atoms with Gasteiger partial charge < -0.3 is 14.1 Å². The minimum Gasteiger partial charge on any atom is -0.465 e. The Morgan fingerprint density at radius 1 is 1.59 bits per heavy atom. The molecule has 1 fully saturated rings. The number of rotatable bonds is 7. The topological polar surface area (TPSA) is 80.0 Å². The predicted molar refractivity (Wildman–Crippen MR) is 80.5 cm³/mol.